The molecule has 1 atom stereocenters. The third-order valence-corrected chi connectivity index (χ3v) is 5.45. The molecule has 3 heterocycles. The summed E-state index contributed by atoms with van der Waals surface area (Å²) in [5.41, 5.74) is 1.89. The van der Waals surface area contributed by atoms with Crippen molar-refractivity contribution in [2.75, 3.05) is 11.9 Å². The highest BCUT2D eigenvalue weighted by Gasteiger charge is 2.34. The van der Waals surface area contributed by atoms with Crippen LogP contribution in [0.15, 0.2) is 30.4 Å². The average molecular weight is 438 g/mol. The van der Waals surface area contributed by atoms with Gasteiger partial charge in [-0.3, -0.25) is 14.2 Å². The molecule has 0 spiro atoms. The van der Waals surface area contributed by atoms with Gasteiger partial charge in [-0.1, -0.05) is 12.2 Å². The van der Waals surface area contributed by atoms with E-state index in [2.05, 4.69) is 15.5 Å². The van der Waals surface area contributed by atoms with E-state index in [1.54, 1.807) is 41.2 Å². The minimum atomic E-state index is -4.44. The first-order valence-electron chi connectivity index (χ1n) is 9.85. The Bertz CT molecular complexity index is 1060. The Morgan fingerprint density at radius 1 is 1.35 bits per heavy atom. The summed E-state index contributed by atoms with van der Waals surface area (Å²) >= 11 is 0. The molecule has 1 amide bonds. The molecule has 2 aliphatic rings. The molecule has 0 saturated heterocycles. The summed E-state index contributed by atoms with van der Waals surface area (Å²) in [5.74, 6) is -0.439. The number of aromatic nitrogens is 4. The minimum absolute atomic E-state index is 0.133. The number of carbonyl (C=O) groups excluding carboxylic acids is 1. The molecule has 0 fully saturated rings. The van der Waals surface area contributed by atoms with Gasteiger partial charge in [-0.15, -0.1) is 0 Å². The van der Waals surface area contributed by atoms with Crippen LogP contribution in [0.1, 0.15) is 30.2 Å². The second kappa shape index (κ2) is 7.86. The molecule has 0 radical (unpaired) electrons. The molecule has 0 aromatic carbocycles. The maximum absolute atomic E-state index is 15.3. The number of alkyl halides is 3. The smallest absolute Gasteiger partial charge is 0.359 e. The zero-order chi connectivity index (χ0) is 22.3. The molecule has 31 heavy (non-hydrogen) atoms. The quantitative estimate of drug-likeness (QED) is 0.745. The van der Waals surface area contributed by atoms with Crippen molar-refractivity contribution in [3.05, 3.63) is 47.2 Å². The van der Waals surface area contributed by atoms with E-state index in [0.29, 0.717) is 35.4 Å². The lowest BCUT2D eigenvalue weighted by Gasteiger charge is -2.27. The minimum Gasteiger partial charge on any atom is -0.359 e. The number of amides is 1. The number of allylic oxidation sites excluding steroid dienone is 2. The Morgan fingerprint density at radius 2 is 2.13 bits per heavy atom. The summed E-state index contributed by atoms with van der Waals surface area (Å²) in [6.45, 7) is 0.624. The van der Waals surface area contributed by atoms with Crippen LogP contribution in [0.25, 0.3) is 5.57 Å². The van der Waals surface area contributed by atoms with E-state index >= 15 is 4.39 Å². The first kappa shape index (κ1) is 21.1. The molecule has 7 nitrogen and oxygen atoms in total. The first-order chi connectivity index (χ1) is 14.6. The van der Waals surface area contributed by atoms with E-state index in [1.165, 1.54) is 6.92 Å². The number of rotatable bonds is 4. The number of nitrogens with one attached hydrogen (secondary N) is 1. The van der Waals surface area contributed by atoms with Gasteiger partial charge >= 0.3 is 6.18 Å². The fraction of sp³-hybridized carbons (Fsp3) is 0.450. The highest BCUT2D eigenvalue weighted by atomic mass is 19.4. The van der Waals surface area contributed by atoms with Crippen LogP contribution in [0.4, 0.5) is 23.4 Å². The lowest BCUT2D eigenvalue weighted by atomic mass is 9.97. The van der Waals surface area contributed by atoms with Gasteiger partial charge in [0.1, 0.15) is 12.4 Å². The summed E-state index contributed by atoms with van der Waals surface area (Å²) in [5, 5.41) is 11.2. The van der Waals surface area contributed by atoms with Gasteiger partial charge in [0.15, 0.2) is 5.82 Å². The molecule has 166 valence electrons. The van der Waals surface area contributed by atoms with Crippen molar-refractivity contribution in [3.63, 3.8) is 0 Å². The molecule has 1 unspecified atom stereocenters. The Kier molecular flexibility index (Phi) is 5.36. The summed E-state index contributed by atoms with van der Waals surface area (Å²) in [6.07, 6.45) is 2.82. The number of aryl methyl sites for hydroxylation is 1. The molecular formula is C20H22F4N6O. The van der Waals surface area contributed by atoms with Gasteiger partial charge < -0.3 is 10.2 Å². The van der Waals surface area contributed by atoms with Gasteiger partial charge in [0.2, 0.25) is 5.91 Å². The van der Waals surface area contributed by atoms with Crippen LogP contribution in [0.2, 0.25) is 0 Å². The average Bonchev–Trinajstić information content (AvgIpc) is 3.26. The summed E-state index contributed by atoms with van der Waals surface area (Å²) < 4.78 is 56.9. The zero-order valence-corrected chi connectivity index (χ0v) is 17.1. The molecule has 2 aromatic rings. The number of nitrogens with zero attached hydrogens (tertiary/aromatic N) is 5. The van der Waals surface area contributed by atoms with Crippen molar-refractivity contribution in [1.82, 2.24) is 24.5 Å². The second-order valence-electron chi connectivity index (χ2n) is 7.74. The van der Waals surface area contributed by atoms with Crippen LogP contribution in [0.3, 0.4) is 0 Å². The van der Waals surface area contributed by atoms with Crippen LogP contribution in [0.5, 0.6) is 0 Å². The highest BCUT2D eigenvalue weighted by molar-refractivity contribution is 5.77. The third kappa shape index (κ3) is 4.35. The Morgan fingerprint density at radius 3 is 2.77 bits per heavy atom. The molecule has 2 aromatic heterocycles. The number of anilines is 1. The van der Waals surface area contributed by atoms with Crippen molar-refractivity contribution in [2.45, 2.75) is 45.1 Å². The molecule has 1 aliphatic carbocycles. The fourth-order valence-electron chi connectivity index (χ4n) is 3.95. The SMILES string of the molecule is CC(=O)N1CCc2c(c(NC3CC=CC(c4cnn(C)c4)=C3F)nn2CC(F)(F)F)C1. The van der Waals surface area contributed by atoms with E-state index in [9.17, 15) is 18.0 Å². The van der Waals surface area contributed by atoms with Gasteiger partial charge in [-0.05, 0) is 6.42 Å². The Hall–Kier alpha value is -3.11. The zero-order valence-electron chi connectivity index (χ0n) is 17.1. The molecule has 4 rings (SSSR count). The Balaban J connectivity index is 1.67. The topological polar surface area (TPSA) is 68.0 Å². The van der Waals surface area contributed by atoms with Crippen LogP contribution >= 0.6 is 0 Å². The predicted molar refractivity (Wildman–Crippen MR) is 105 cm³/mol. The first-order valence-corrected chi connectivity index (χ1v) is 9.85. The van der Waals surface area contributed by atoms with Gasteiger partial charge in [0.05, 0.1) is 18.8 Å². The monoisotopic (exact) mass is 438 g/mol. The summed E-state index contributed by atoms with van der Waals surface area (Å²) in [6, 6.07) is -0.786. The second-order valence-corrected chi connectivity index (χ2v) is 7.74. The maximum Gasteiger partial charge on any atom is 0.408 e. The third-order valence-electron chi connectivity index (χ3n) is 5.45. The van der Waals surface area contributed by atoms with Gasteiger partial charge in [-0.25, -0.2) is 4.39 Å². The maximum atomic E-state index is 15.3. The van der Waals surface area contributed by atoms with Crippen molar-refractivity contribution in [1.29, 1.82) is 0 Å². The predicted octanol–water partition coefficient (Wildman–Crippen LogP) is 3.20. The molecule has 1 N–H and O–H groups in total. The summed E-state index contributed by atoms with van der Waals surface area (Å²) in [4.78, 5) is 13.4. The van der Waals surface area contributed by atoms with Crippen LogP contribution < -0.4 is 5.32 Å². The number of carbonyl (C=O) groups is 1. The van der Waals surface area contributed by atoms with Crippen molar-refractivity contribution >= 4 is 17.3 Å². The largest absolute Gasteiger partial charge is 0.408 e. The number of hydrogen-bond acceptors (Lipinski definition) is 4. The molecule has 11 heteroatoms. The van der Waals surface area contributed by atoms with Crippen molar-refractivity contribution in [2.24, 2.45) is 7.05 Å². The van der Waals surface area contributed by atoms with Crippen LogP contribution in [-0.2, 0) is 31.4 Å². The molecule has 1 aliphatic heterocycles. The Labute approximate surface area is 176 Å². The van der Waals surface area contributed by atoms with Gasteiger partial charge in [-0.2, -0.15) is 23.4 Å². The number of fused-ring (bicyclic) bond motifs is 1. The van der Waals surface area contributed by atoms with Gasteiger partial charge in [0.25, 0.3) is 0 Å². The molecular weight excluding hydrogens is 416 g/mol. The fourth-order valence-corrected chi connectivity index (χ4v) is 3.95. The van der Waals surface area contributed by atoms with E-state index in [0.717, 1.165) is 4.68 Å². The number of hydrogen-bond donors (Lipinski definition) is 1. The van der Waals surface area contributed by atoms with E-state index < -0.39 is 24.6 Å². The van der Waals surface area contributed by atoms with E-state index in [4.69, 9.17) is 0 Å². The van der Waals surface area contributed by atoms with Crippen molar-refractivity contribution in [3.8, 4) is 0 Å². The van der Waals surface area contributed by atoms with Gasteiger partial charge in [0, 0.05) is 55.5 Å². The highest BCUT2D eigenvalue weighted by Crippen LogP contribution is 2.33. The van der Waals surface area contributed by atoms with Crippen LogP contribution in [0, 0.1) is 0 Å². The van der Waals surface area contributed by atoms with Crippen LogP contribution in [-0.4, -0.2) is 49.1 Å². The van der Waals surface area contributed by atoms with Crippen molar-refractivity contribution < 1.29 is 22.4 Å². The number of halogens is 4. The summed E-state index contributed by atoms with van der Waals surface area (Å²) in [7, 11) is 1.73. The lowest BCUT2D eigenvalue weighted by Crippen LogP contribution is -2.35. The lowest BCUT2D eigenvalue weighted by molar-refractivity contribution is -0.143. The van der Waals surface area contributed by atoms with E-state index in [1.807, 2.05) is 0 Å². The standard InChI is InChI=1S/C20H22F4N6O/c1-12(31)29-7-6-17-15(10-29)19(27-30(17)11-20(22,23)24)26-16-5-3-4-14(18(16)21)13-8-25-28(2)9-13/h3-4,8-9,16H,5-7,10-11H2,1-2H3,(H,26,27). The normalized spacial score (nSPS) is 19.0. The molecule has 0 saturated carbocycles. The van der Waals surface area contributed by atoms with E-state index in [-0.39, 0.29) is 24.7 Å². The molecule has 0 bridgehead atoms.